The van der Waals surface area contributed by atoms with Crippen LogP contribution in [-0.4, -0.2) is 0 Å². The molecule has 2 rings (SSSR count). The molecule has 1 unspecified atom stereocenters. The Morgan fingerprint density at radius 3 is 2.25 bits per heavy atom. The van der Waals surface area contributed by atoms with Crippen LogP contribution in [-0.2, 0) is 0 Å². The summed E-state index contributed by atoms with van der Waals surface area (Å²) in [7, 11) is 0. The molecule has 82 valence electrons. The average Bonchev–Trinajstić information content (AvgIpc) is 2.29. The molecule has 0 radical (unpaired) electrons. The van der Waals surface area contributed by atoms with E-state index in [9.17, 15) is 0 Å². The Hall–Kier alpha value is -1.32. The zero-order valence-corrected chi connectivity index (χ0v) is 10.3. The van der Waals surface area contributed by atoms with E-state index in [0.29, 0.717) is 0 Å². The van der Waals surface area contributed by atoms with E-state index in [-0.39, 0.29) is 6.04 Å². The van der Waals surface area contributed by atoms with Crippen molar-refractivity contribution in [2.75, 3.05) is 5.73 Å². The molecule has 2 aromatic carbocycles. The number of nitrogens with two attached hydrogens (primary N) is 2. The summed E-state index contributed by atoms with van der Waals surface area (Å²) in [5.74, 6) is 0. The van der Waals surface area contributed by atoms with Gasteiger partial charge in [-0.3, -0.25) is 0 Å². The second-order valence-corrected chi connectivity index (χ2v) is 4.62. The maximum atomic E-state index is 6.17. The van der Waals surface area contributed by atoms with E-state index in [4.69, 9.17) is 11.5 Å². The van der Waals surface area contributed by atoms with Crippen LogP contribution in [0.5, 0.6) is 0 Å². The van der Waals surface area contributed by atoms with Crippen molar-refractivity contribution in [2.24, 2.45) is 5.73 Å². The van der Waals surface area contributed by atoms with Gasteiger partial charge in [-0.25, -0.2) is 0 Å². The molecule has 16 heavy (non-hydrogen) atoms. The summed E-state index contributed by atoms with van der Waals surface area (Å²) in [4.78, 5) is 0. The van der Waals surface area contributed by atoms with Gasteiger partial charge < -0.3 is 11.5 Å². The fraction of sp³-hybridized carbons (Fsp3) is 0.0769. The number of anilines is 1. The molecule has 0 bridgehead atoms. The van der Waals surface area contributed by atoms with Crippen LogP contribution in [0.25, 0.3) is 0 Å². The van der Waals surface area contributed by atoms with Crippen molar-refractivity contribution >= 4 is 21.6 Å². The van der Waals surface area contributed by atoms with Gasteiger partial charge >= 0.3 is 0 Å². The molecule has 1 atom stereocenters. The van der Waals surface area contributed by atoms with E-state index >= 15 is 0 Å². The highest BCUT2D eigenvalue weighted by Gasteiger charge is 2.08. The van der Waals surface area contributed by atoms with Crippen molar-refractivity contribution in [2.45, 2.75) is 6.04 Å². The first-order valence-corrected chi connectivity index (χ1v) is 5.82. The summed E-state index contributed by atoms with van der Waals surface area (Å²) < 4.78 is 1.04. The highest BCUT2D eigenvalue weighted by atomic mass is 79.9. The van der Waals surface area contributed by atoms with Crippen molar-refractivity contribution in [3.8, 4) is 0 Å². The quantitative estimate of drug-likeness (QED) is 0.829. The Morgan fingerprint density at radius 2 is 1.62 bits per heavy atom. The third-order valence-corrected chi connectivity index (χ3v) is 3.00. The maximum absolute atomic E-state index is 6.17. The van der Waals surface area contributed by atoms with Gasteiger partial charge in [0.25, 0.3) is 0 Å². The predicted octanol–water partition coefficient (Wildman–Crippen LogP) is 3.08. The maximum Gasteiger partial charge on any atom is 0.0552 e. The molecule has 2 aromatic rings. The van der Waals surface area contributed by atoms with Crippen LogP contribution in [0.3, 0.4) is 0 Å². The molecule has 2 nitrogen and oxygen atoms in total. The Balaban J connectivity index is 2.31. The summed E-state index contributed by atoms with van der Waals surface area (Å²) in [5.41, 5.74) is 14.7. The molecule has 4 N–H and O–H groups in total. The molecular weight excluding hydrogens is 264 g/mol. The van der Waals surface area contributed by atoms with Crippen LogP contribution in [0.15, 0.2) is 53.0 Å². The van der Waals surface area contributed by atoms with E-state index in [0.717, 1.165) is 21.3 Å². The summed E-state index contributed by atoms with van der Waals surface area (Å²) in [6.45, 7) is 0. The van der Waals surface area contributed by atoms with Crippen LogP contribution >= 0.6 is 15.9 Å². The Kier molecular flexibility index (Phi) is 3.27. The summed E-state index contributed by atoms with van der Waals surface area (Å²) >= 11 is 3.44. The van der Waals surface area contributed by atoms with Gasteiger partial charge in [0.1, 0.15) is 0 Å². The first-order chi connectivity index (χ1) is 7.66. The third kappa shape index (κ3) is 2.43. The minimum Gasteiger partial charge on any atom is -0.399 e. The third-order valence-electron chi connectivity index (χ3n) is 2.50. The van der Waals surface area contributed by atoms with Crippen molar-refractivity contribution in [3.63, 3.8) is 0 Å². The number of nitrogen functional groups attached to an aromatic ring is 1. The van der Waals surface area contributed by atoms with E-state index in [2.05, 4.69) is 15.9 Å². The summed E-state index contributed by atoms with van der Waals surface area (Å²) in [6, 6.07) is 15.6. The van der Waals surface area contributed by atoms with Crippen LogP contribution in [0.1, 0.15) is 17.2 Å². The highest BCUT2D eigenvalue weighted by Crippen LogP contribution is 2.22. The van der Waals surface area contributed by atoms with E-state index < -0.39 is 0 Å². The number of rotatable bonds is 2. The van der Waals surface area contributed by atoms with Crippen LogP contribution in [0, 0.1) is 0 Å². The van der Waals surface area contributed by atoms with E-state index in [1.54, 1.807) is 0 Å². The SMILES string of the molecule is Nc1ccc(C(N)c2cccc(Br)c2)cc1. The van der Waals surface area contributed by atoms with E-state index in [1.165, 1.54) is 0 Å². The molecule has 0 amide bonds. The first kappa shape index (κ1) is 11.2. The van der Waals surface area contributed by atoms with E-state index in [1.807, 2.05) is 48.5 Å². The molecule has 0 aliphatic carbocycles. The highest BCUT2D eigenvalue weighted by molar-refractivity contribution is 9.10. The monoisotopic (exact) mass is 276 g/mol. The molecule has 0 fully saturated rings. The Labute approximate surface area is 103 Å². The lowest BCUT2D eigenvalue weighted by atomic mass is 10.00. The largest absolute Gasteiger partial charge is 0.399 e. The molecule has 0 saturated carbocycles. The Morgan fingerprint density at radius 1 is 0.938 bits per heavy atom. The lowest BCUT2D eigenvalue weighted by Gasteiger charge is -2.13. The number of hydrogen-bond acceptors (Lipinski definition) is 2. The zero-order valence-electron chi connectivity index (χ0n) is 8.73. The van der Waals surface area contributed by atoms with Gasteiger partial charge in [0, 0.05) is 10.2 Å². The number of halogens is 1. The minimum atomic E-state index is -0.113. The second-order valence-electron chi connectivity index (χ2n) is 3.70. The molecule has 0 aliphatic rings. The van der Waals surface area contributed by atoms with Crippen LogP contribution < -0.4 is 11.5 Å². The van der Waals surface area contributed by atoms with Gasteiger partial charge in [-0.15, -0.1) is 0 Å². The predicted molar refractivity (Wildman–Crippen MR) is 71.0 cm³/mol. The van der Waals surface area contributed by atoms with Crippen LogP contribution in [0.2, 0.25) is 0 Å². The summed E-state index contributed by atoms with van der Waals surface area (Å²) in [6.07, 6.45) is 0. The smallest absolute Gasteiger partial charge is 0.0552 e. The molecule has 0 heterocycles. The molecule has 0 aliphatic heterocycles. The fourth-order valence-corrected chi connectivity index (χ4v) is 2.01. The van der Waals surface area contributed by atoms with Gasteiger partial charge in [-0.1, -0.05) is 40.2 Å². The molecular formula is C13H13BrN2. The van der Waals surface area contributed by atoms with Crippen molar-refractivity contribution in [1.82, 2.24) is 0 Å². The lowest BCUT2D eigenvalue weighted by Crippen LogP contribution is -2.11. The van der Waals surface area contributed by atoms with Gasteiger partial charge in [0.05, 0.1) is 6.04 Å². The fourth-order valence-electron chi connectivity index (χ4n) is 1.60. The van der Waals surface area contributed by atoms with Gasteiger partial charge in [-0.05, 0) is 35.4 Å². The second kappa shape index (κ2) is 4.68. The van der Waals surface area contributed by atoms with Gasteiger partial charge in [0.15, 0.2) is 0 Å². The first-order valence-electron chi connectivity index (χ1n) is 5.03. The van der Waals surface area contributed by atoms with Crippen molar-refractivity contribution in [3.05, 3.63) is 64.1 Å². The van der Waals surface area contributed by atoms with Gasteiger partial charge in [0.2, 0.25) is 0 Å². The lowest BCUT2D eigenvalue weighted by molar-refractivity contribution is 0.871. The number of hydrogen-bond donors (Lipinski definition) is 2. The molecule has 0 saturated heterocycles. The molecule has 0 aromatic heterocycles. The normalized spacial score (nSPS) is 12.4. The van der Waals surface area contributed by atoms with Crippen LogP contribution in [0.4, 0.5) is 5.69 Å². The van der Waals surface area contributed by atoms with Gasteiger partial charge in [-0.2, -0.15) is 0 Å². The standard InChI is InChI=1S/C13H13BrN2/c14-11-3-1-2-10(8-11)13(16)9-4-6-12(15)7-5-9/h1-8,13H,15-16H2. The number of benzene rings is 2. The Bertz CT molecular complexity index is 480. The topological polar surface area (TPSA) is 52.0 Å². The van der Waals surface area contributed by atoms with Crippen molar-refractivity contribution < 1.29 is 0 Å². The molecule has 0 spiro atoms. The summed E-state index contributed by atoms with van der Waals surface area (Å²) in [5, 5.41) is 0. The average molecular weight is 277 g/mol. The van der Waals surface area contributed by atoms with Crippen molar-refractivity contribution in [1.29, 1.82) is 0 Å². The molecule has 3 heteroatoms. The zero-order chi connectivity index (χ0) is 11.5. The minimum absolute atomic E-state index is 0.113.